The summed E-state index contributed by atoms with van der Waals surface area (Å²) in [6.45, 7) is -0.00498. The fourth-order valence-corrected chi connectivity index (χ4v) is 3.76. The smallest absolute Gasteiger partial charge is 0.291 e. The maximum Gasteiger partial charge on any atom is 0.291 e. The lowest BCUT2D eigenvalue weighted by Gasteiger charge is -2.21. The second kappa shape index (κ2) is 9.07. The first kappa shape index (κ1) is 21.9. The van der Waals surface area contributed by atoms with Gasteiger partial charge in [0.2, 0.25) is 5.82 Å². The van der Waals surface area contributed by atoms with Crippen molar-refractivity contribution in [1.82, 2.24) is 25.5 Å². The summed E-state index contributed by atoms with van der Waals surface area (Å²) in [5, 5.41) is 10.3. The van der Waals surface area contributed by atoms with Crippen LogP contribution in [-0.4, -0.2) is 51.7 Å². The number of nitrogens with one attached hydrogen (secondary N) is 2. The Hall–Kier alpha value is -4.27. The lowest BCUT2D eigenvalue weighted by molar-refractivity contribution is -0.120. The zero-order chi connectivity index (χ0) is 22.1. The monoisotopic (exact) mass is 444 g/mol. The second-order valence-electron chi connectivity index (χ2n) is 7.48. The summed E-state index contributed by atoms with van der Waals surface area (Å²) < 4.78 is 5.88. The molecule has 0 radical (unpaired) electrons. The van der Waals surface area contributed by atoms with Crippen LogP contribution in [0.15, 0.2) is 60.8 Å². The van der Waals surface area contributed by atoms with Gasteiger partial charge in [-0.25, -0.2) is 4.98 Å². The van der Waals surface area contributed by atoms with E-state index in [9.17, 15) is 9.59 Å². The molecule has 0 unspecified atom stereocenters. The highest BCUT2D eigenvalue weighted by atomic mass is 16.5. The van der Waals surface area contributed by atoms with Crippen LogP contribution in [0.2, 0.25) is 0 Å². The number of aromatic amines is 1. The van der Waals surface area contributed by atoms with Crippen molar-refractivity contribution >= 4 is 28.4 Å². The molecule has 2 amide bonds. The number of carbonyl (C=O) groups is 2. The van der Waals surface area contributed by atoms with Crippen molar-refractivity contribution in [2.45, 2.75) is 19.9 Å². The molecule has 9 heteroatoms. The van der Waals surface area contributed by atoms with Gasteiger partial charge in [0.1, 0.15) is 24.2 Å². The number of anilines is 1. The van der Waals surface area contributed by atoms with Gasteiger partial charge in [0.25, 0.3) is 11.8 Å². The van der Waals surface area contributed by atoms with Crippen LogP contribution in [0.3, 0.4) is 0 Å². The minimum absolute atomic E-state index is 0. The zero-order valence-electron chi connectivity index (χ0n) is 17.3. The Morgan fingerprint density at radius 2 is 2.00 bits per heavy atom. The van der Waals surface area contributed by atoms with Crippen molar-refractivity contribution in [2.75, 3.05) is 18.6 Å². The van der Waals surface area contributed by atoms with Crippen LogP contribution in [0, 0.1) is 0 Å². The van der Waals surface area contributed by atoms with Crippen molar-refractivity contribution < 1.29 is 14.3 Å². The third-order valence-corrected chi connectivity index (χ3v) is 5.34. The van der Waals surface area contributed by atoms with Crippen LogP contribution in [-0.2, 0) is 11.2 Å². The summed E-state index contributed by atoms with van der Waals surface area (Å²) in [5.74, 6) is 0.249. The Morgan fingerprint density at radius 1 is 1.18 bits per heavy atom. The van der Waals surface area contributed by atoms with Gasteiger partial charge >= 0.3 is 0 Å². The van der Waals surface area contributed by atoms with Gasteiger partial charge < -0.3 is 15.0 Å². The van der Waals surface area contributed by atoms with E-state index < -0.39 is 11.9 Å². The highest BCUT2D eigenvalue weighted by Crippen LogP contribution is 2.37. The van der Waals surface area contributed by atoms with Crippen molar-refractivity contribution in [1.29, 1.82) is 0 Å². The number of fused-ring (bicyclic) bond motifs is 3. The van der Waals surface area contributed by atoms with Crippen LogP contribution in [0.25, 0.3) is 10.9 Å². The summed E-state index contributed by atoms with van der Waals surface area (Å²) in [5.41, 5.74) is 2.42. The Kier molecular flexibility index (Phi) is 6.03. The van der Waals surface area contributed by atoms with E-state index in [-0.39, 0.29) is 25.8 Å². The summed E-state index contributed by atoms with van der Waals surface area (Å²) in [7, 11) is 1.66. The van der Waals surface area contributed by atoms with Crippen LogP contribution in [0.1, 0.15) is 29.4 Å². The first-order chi connectivity index (χ1) is 15.6. The topological polar surface area (TPSA) is 113 Å². The van der Waals surface area contributed by atoms with Gasteiger partial charge in [-0.2, -0.15) is 0 Å². The molecule has 2 aromatic heterocycles. The molecule has 9 nitrogen and oxygen atoms in total. The number of H-pyrrole nitrogens is 1. The van der Waals surface area contributed by atoms with Crippen molar-refractivity contribution in [3.05, 3.63) is 78.0 Å². The summed E-state index contributed by atoms with van der Waals surface area (Å²) in [6, 6.07) is 16.2. The number of nitrogens with zero attached hydrogens (tertiary/aromatic N) is 4. The molecule has 0 saturated heterocycles. The first-order valence-corrected chi connectivity index (χ1v) is 10.1. The number of carbonyl (C=O) groups excluding carboxylic acids is 2. The molecule has 3 heterocycles. The number of aromatic nitrogens is 4. The van der Waals surface area contributed by atoms with E-state index in [1.807, 2.05) is 42.5 Å². The van der Waals surface area contributed by atoms with Crippen LogP contribution in [0.4, 0.5) is 5.69 Å². The van der Waals surface area contributed by atoms with Gasteiger partial charge in [0, 0.05) is 25.1 Å². The Morgan fingerprint density at radius 3 is 2.82 bits per heavy atom. The summed E-state index contributed by atoms with van der Waals surface area (Å²) >= 11 is 0. The van der Waals surface area contributed by atoms with E-state index in [0.29, 0.717) is 23.7 Å². The van der Waals surface area contributed by atoms with Gasteiger partial charge in [-0.05, 0) is 29.8 Å². The number of rotatable bonds is 4. The molecule has 2 aromatic carbocycles. The van der Waals surface area contributed by atoms with E-state index in [1.54, 1.807) is 25.4 Å². The molecular weight excluding hydrogens is 420 g/mol. The van der Waals surface area contributed by atoms with Gasteiger partial charge in [0.15, 0.2) is 0 Å². The Balaban J connectivity index is 0.00000259. The molecule has 0 saturated carbocycles. The van der Waals surface area contributed by atoms with Crippen LogP contribution in [0.5, 0.6) is 5.75 Å². The van der Waals surface area contributed by atoms with Gasteiger partial charge in [-0.1, -0.05) is 37.8 Å². The van der Waals surface area contributed by atoms with E-state index >= 15 is 0 Å². The molecule has 1 atom stereocenters. The zero-order valence-corrected chi connectivity index (χ0v) is 17.3. The standard InChI is InChI=1S/C23H20N6O3.CH4/c1-29-20-15-8-5-11-24-16(15)9-10-18(20)32-13-17(23(29)31)25-22(30)21-26-19(27-28-21)12-14-6-3-2-4-7-14;/h2-11,17H,12-13H2,1H3,(H,25,30)(H,26,27,28);1H4/t17-;/m0./s1. The van der Waals surface area contributed by atoms with Gasteiger partial charge in [-0.3, -0.25) is 19.7 Å². The second-order valence-corrected chi connectivity index (χ2v) is 7.48. The third-order valence-electron chi connectivity index (χ3n) is 5.34. The fourth-order valence-electron chi connectivity index (χ4n) is 3.76. The molecule has 0 bridgehead atoms. The SMILES string of the molecule is C.CN1C(=O)[C@@H](NC(=O)c2n[nH]c(Cc3ccccc3)n2)COc2ccc3ncccc3c21. The number of hydrogen-bond acceptors (Lipinski definition) is 6. The van der Waals surface area contributed by atoms with Gasteiger partial charge in [0.05, 0.1) is 11.2 Å². The maximum atomic E-state index is 13.1. The van der Waals surface area contributed by atoms with Crippen LogP contribution < -0.4 is 15.0 Å². The van der Waals surface area contributed by atoms with E-state index in [2.05, 4.69) is 25.5 Å². The number of hydrogen-bond donors (Lipinski definition) is 2. The molecule has 1 aliphatic rings. The predicted octanol–water partition coefficient (Wildman–Crippen LogP) is 2.73. The van der Waals surface area contributed by atoms with E-state index in [0.717, 1.165) is 16.5 Å². The highest BCUT2D eigenvalue weighted by Gasteiger charge is 2.32. The normalized spacial score (nSPS) is 15.2. The highest BCUT2D eigenvalue weighted by molar-refractivity contribution is 6.08. The molecule has 0 aliphatic carbocycles. The summed E-state index contributed by atoms with van der Waals surface area (Å²) in [6.07, 6.45) is 2.21. The third kappa shape index (κ3) is 4.25. The fraction of sp³-hybridized carbons (Fsp3) is 0.208. The minimum atomic E-state index is -0.886. The molecule has 0 fully saturated rings. The summed E-state index contributed by atoms with van der Waals surface area (Å²) in [4.78, 5) is 36.0. The molecule has 4 aromatic rings. The average molecular weight is 444 g/mol. The predicted molar refractivity (Wildman–Crippen MR) is 124 cm³/mol. The maximum absolute atomic E-state index is 13.1. The number of likely N-dealkylation sites (N-methyl/N-ethyl adjacent to an activating group) is 1. The molecular formula is C24H24N6O3. The number of benzene rings is 2. The molecule has 168 valence electrons. The Labute approximate surface area is 190 Å². The largest absolute Gasteiger partial charge is 0.489 e. The van der Waals surface area contributed by atoms with Crippen molar-refractivity contribution in [2.24, 2.45) is 0 Å². The molecule has 5 rings (SSSR count). The van der Waals surface area contributed by atoms with E-state index in [1.165, 1.54) is 4.90 Å². The number of ether oxygens (including phenoxy) is 1. The molecule has 2 N–H and O–H groups in total. The lowest BCUT2D eigenvalue weighted by atomic mass is 10.1. The quantitative estimate of drug-likeness (QED) is 0.500. The lowest BCUT2D eigenvalue weighted by Crippen LogP contribution is -2.49. The Bertz CT molecular complexity index is 1300. The number of pyridine rings is 1. The molecule has 1 aliphatic heterocycles. The van der Waals surface area contributed by atoms with Crippen molar-refractivity contribution in [3.63, 3.8) is 0 Å². The minimum Gasteiger partial charge on any atom is -0.489 e. The number of amides is 2. The van der Waals surface area contributed by atoms with E-state index in [4.69, 9.17) is 4.74 Å². The molecule has 33 heavy (non-hydrogen) atoms. The van der Waals surface area contributed by atoms with Crippen molar-refractivity contribution in [3.8, 4) is 5.75 Å². The van der Waals surface area contributed by atoms with Crippen LogP contribution >= 0.6 is 0 Å². The van der Waals surface area contributed by atoms with Gasteiger partial charge in [-0.15, -0.1) is 5.10 Å². The molecule has 0 spiro atoms. The first-order valence-electron chi connectivity index (χ1n) is 10.1. The average Bonchev–Trinajstić information content (AvgIpc) is 3.25.